The van der Waals surface area contributed by atoms with Gasteiger partial charge in [-0.3, -0.25) is 4.90 Å². The fourth-order valence-electron chi connectivity index (χ4n) is 2.76. The zero-order valence-corrected chi connectivity index (χ0v) is 14.2. The van der Waals surface area contributed by atoms with Crippen molar-refractivity contribution in [3.05, 3.63) is 36.0 Å². The first-order valence-electron chi connectivity index (χ1n) is 8.04. The Bertz CT molecular complexity index is 823. The third-order valence-electron chi connectivity index (χ3n) is 4.01. The standard InChI is InChI=1S/C16H17F2N5OS/c17-12-7-11(8-13(18)9-12)14-10-23-16(20-14)25-15(21-23)19-1-2-22-3-5-24-6-4-22/h7-10H,1-6H2,(H,19,21). The van der Waals surface area contributed by atoms with Crippen LogP contribution in [0, 0.1) is 11.6 Å². The van der Waals surface area contributed by atoms with Gasteiger partial charge in [0.05, 0.1) is 25.1 Å². The summed E-state index contributed by atoms with van der Waals surface area (Å²) in [6.45, 7) is 5.20. The Hall–Kier alpha value is -2.10. The van der Waals surface area contributed by atoms with Crippen LogP contribution >= 0.6 is 11.3 Å². The number of imidazole rings is 1. The van der Waals surface area contributed by atoms with E-state index >= 15 is 0 Å². The number of ether oxygens (including phenoxy) is 1. The highest BCUT2D eigenvalue weighted by Crippen LogP contribution is 2.25. The molecule has 25 heavy (non-hydrogen) atoms. The van der Waals surface area contributed by atoms with Gasteiger partial charge in [-0.2, -0.15) is 0 Å². The lowest BCUT2D eigenvalue weighted by Crippen LogP contribution is -2.39. The van der Waals surface area contributed by atoms with Crippen molar-refractivity contribution in [2.75, 3.05) is 44.7 Å². The molecule has 0 atom stereocenters. The summed E-state index contributed by atoms with van der Waals surface area (Å²) in [5.74, 6) is -1.24. The Kier molecular flexibility index (Phi) is 4.60. The number of nitrogens with one attached hydrogen (secondary N) is 1. The van der Waals surface area contributed by atoms with Gasteiger partial charge in [-0.15, -0.1) is 5.10 Å². The molecule has 0 bridgehead atoms. The molecule has 1 saturated heterocycles. The van der Waals surface area contributed by atoms with Crippen LogP contribution in [0.15, 0.2) is 24.4 Å². The van der Waals surface area contributed by atoms with Crippen molar-refractivity contribution in [2.45, 2.75) is 0 Å². The summed E-state index contributed by atoms with van der Waals surface area (Å²) < 4.78 is 33.6. The van der Waals surface area contributed by atoms with E-state index in [2.05, 4.69) is 20.3 Å². The van der Waals surface area contributed by atoms with E-state index in [1.807, 2.05) is 0 Å². The average molecular weight is 365 g/mol. The lowest BCUT2D eigenvalue weighted by molar-refractivity contribution is 0.0398. The number of rotatable bonds is 5. The summed E-state index contributed by atoms with van der Waals surface area (Å²) in [6, 6.07) is 3.37. The molecule has 3 aromatic rings. The van der Waals surface area contributed by atoms with Crippen LogP contribution in [-0.4, -0.2) is 58.9 Å². The number of hydrogen-bond donors (Lipinski definition) is 1. The Labute approximate surface area is 147 Å². The highest BCUT2D eigenvalue weighted by molar-refractivity contribution is 7.20. The molecule has 9 heteroatoms. The molecular formula is C16H17F2N5OS. The second-order valence-corrected chi connectivity index (χ2v) is 6.76. The number of fused-ring (bicyclic) bond motifs is 1. The summed E-state index contributed by atoms with van der Waals surface area (Å²) >= 11 is 1.41. The summed E-state index contributed by atoms with van der Waals surface area (Å²) in [5, 5.41) is 8.48. The molecule has 3 heterocycles. The minimum atomic E-state index is -0.621. The number of halogens is 2. The van der Waals surface area contributed by atoms with Gasteiger partial charge in [0.25, 0.3) is 0 Å². The summed E-state index contributed by atoms with van der Waals surface area (Å²) in [7, 11) is 0. The van der Waals surface area contributed by atoms with E-state index in [0.29, 0.717) is 16.2 Å². The molecule has 0 amide bonds. The van der Waals surface area contributed by atoms with Gasteiger partial charge in [0, 0.05) is 37.8 Å². The third-order valence-corrected chi connectivity index (χ3v) is 4.89. The predicted octanol–water partition coefficient (Wildman–Crippen LogP) is 2.48. The number of morpholine rings is 1. The molecule has 0 spiro atoms. The van der Waals surface area contributed by atoms with Crippen molar-refractivity contribution in [3.8, 4) is 11.3 Å². The molecule has 1 fully saturated rings. The number of nitrogens with zero attached hydrogens (tertiary/aromatic N) is 4. The van der Waals surface area contributed by atoms with Crippen molar-refractivity contribution in [1.29, 1.82) is 0 Å². The first-order chi connectivity index (χ1) is 12.2. The Morgan fingerprint density at radius 2 is 1.92 bits per heavy atom. The molecule has 0 radical (unpaired) electrons. The largest absolute Gasteiger partial charge is 0.379 e. The summed E-state index contributed by atoms with van der Waals surface area (Å²) in [4.78, 5) is 7.42. The van der Waals surface area contributed by atoms with Crippen LogP contribution in [-0.2, 0) is 4.74 Å². The SMILES string of the molecule is Fc1cc(F)cc(-c2cn3nc(NCCN4CCOCC4)sc3n2)c1. The minimum Gasteiger partial charge on any atom is -0.379 e. The Morgan fingerprint density at radius 3 is 2.64 bits per heavy atom. The molecule has 1 aromatic carbocycles. The highest BCUT2D eigenvalue weighted by atomic mass is 32.1. The highest BCUT2D eigenvalue weighted by Gasteiger charge is 2.13. The number of aromatic nitrogens is 3. The maximum Gasteiger partial charge on any atom is 0.214 e. The molecule has 6 nitrogen and oxygen atoms in total. The fourth-order valence-corrected chi connectivity index (χ4v) is 3.57. The molecule has 1 aliphatic heterocycles. The van der Waals surface area contributed by atoms with E-state index in [-0.39, 0.29) is 0 Å². The van der Waals surface area contributed by atoms with Gasteiger partial charge in [0.15, 0.2) is 0 Å². The molecule has 2 aromatic heterocycles. The van der Waals surface area contributed by atoms with Crippen molar-refractivity contribution < 1.29 is 13.5 Å². The zero-order chi connectivity index (χ0) is 17.2. The number of benzene rings is 1. The van der Waals surface area contributed by atoms with Crippen LogP contribution < -0.4 is 5.32 Å². The van der Waals surface area contributed by atoms with Crippen molar-refractivity contribution in [3.63, 3.8) is 0 Å². The quantitative estimate of drug-likeness (QED) is 0.753. The van der Waals surface area contributed by atoms with E-state index in [1.165, 1.54) is 23.5 Å². The van der Waals surface area contributed by atoms with Gasteiger partial charge in [0.2, 0.25) is 10.1 Å². The van der Waals surface area contributed by atoms with Gasteiger partial charge < -0.3 is 10.1 Å². The van der Waals surface area contributed by atoms with Gasteiger partial charge in [-0.1, -0.05) is 11.3 Å². The molecule has 1 N–H and O–H groups in total. The molecule has 4 rings (SSSR count). The third kappa shape index (κ3) is 3.78. The number of hydrogen-bond acceptors (Lipinski definition) is 6. The van der Waals surface area contributed by atoms with Crippen LogP contribution in [0.5, 0.6) is 0 Å². The maximum absolute atomic E-state index is 13.3. The normalized spacial score (nSPS) is 15.8. The van der Waals surface area contributed by atoms with Crippen LogP contribution in [0.2, 0.25) is 0 Å². The topological polar surface area (TPSA) is 54.7 Å². The van der Waals surface area contributed by atoms with Crippen molar-refractivity contribution >= 4 is 21.4 Å². The molecule has 132 valence electrons. The van der Waals surface area contributed by atoms with E-state index in [0.717, 1.165) is 50.6 Å². The van der Waals surface area contributed by atoms with E-state index in [9.17, 15) is 8.78 Å². The smallest absolute Gasteiger partial charge is 0.214 e. The number of anilines is 1. The summed E-state index contributed by atoms with van der Waals surface area (Å²) in [6.07, 6.45) is 1.67. The van der Waals surface area contributed by atoms with E-state index in [1.54, 1.807) is 10.7 Å². The van der Waals surface area contributed by atoms with Crippen LogP contribution in [0.3, 0.4) is 0 Å². The predicted molar refractivity (Wildman–Crippen MR) is 92.0 cm³/mol. The average Bonchev–Trinajstić information content (AvgIpc) is 3.13. The Morgan fingerprint density at radius 1 is 1.16 bits per heavy atom. The van der Waals surface area contributed by atoms with Gasteiger partial charge in [-0.05, 0) is 12.1 Å². The second kappa shape index (κ2) is 7.03. The molecule has 0 unspecified atom stereocenters. The molecule has 0 aliphatic carbocycles. The lowest BCUT2D eigenvalue weighted by Gasteiger charge is -2.26. The zero-order valence-electron chi connectivity index (χ0n) is 13.4. The van der Waals surface area contributed by atoms with Gasteiger partial charge in [-0.25, -0.2) is 18.3 Å². The molecular weight excluding hydrogens is 348 g/mol. The van der Waals surface area contributed by atoms with Crippen LogP contribution in [0.1, 0.15) is 0 Å². The Balaban J connectivity index is 1.42. The van der Waals surface area contributed by atoms with E-state index in [4.69, 9.17) is 4.74 Å². The van der Waals surface area contributed by atoms with Gasteiger partial charge in [0.1, 0.15) is 11.6 Å². The molecule has 1 aliphatic rings. The van der Waals surface area contributed by atoms with E-state index < -0.39 is 11.6 Å². The first kappa shape index (κ1) is 16.4. The molecule has 0 saturated carbocycles. The minimum absolute atomic E-state index is 0.400. The van der Waals surface area contributed by atoms with Crippen molar-refractivity contribution in [1.82, 2.24) is 19.5 Å². The maximum atomic E-state index is 13.3. The monoisotopic (exact) mass is 365 g/mol. The summed E-state index contributed by atoms with van der Waals surface area (Å²) in [5.41, 5.74) is 0.897. The van der Waals surface area contributed by atoms with Crippen LogP contribution in [0.25, 0.3) is 16.2 Å². The first-order valence-corrected chi connectivity index (χ1v) is 8.86. The lowest BCUT2D eigenvalue weighted by atomic mass is 10.1. The van der Waals surface area contributed by atoms with Crippen molar-refractivity contribution in [2.24, 2.45) is 0 Å². The fraction of sp³-hybridized carbons (Fsp3) is 0.375. The van der Waals surface area contributed by atoms with Gasteiger partial charge >= 0.3 is 0 Å². The van der Waals surface area contributed by atoms with Crippen LogP contribution in [0.4, 0.5) is 13.9 Å². The second-order valence-electron chi connectivity index (χ2n) is 5.80.